The number of carboxylic acid groups (broad SMARTS) is 1. The Morgan fingerprint density at radius 2 is 1.47 bits per heavy atom. The Labute approximate surface area is 287 Å². The minimum atomic E-state index is -1.04. The molecule has 0 spiro atoms. The smallest absolute Gasteiger partial charge is 0.408 e. The van der Waals surface area contributed by atoms with Crippen molar-refractivity contribution in [1.29, 1.82) is 0 Å². The number of rotatable bonds is 18. The molecule has 0 aliphatic carbocycles. The van der Waals surface area contributed by atoms with E-state index in [0.29, 0.717) is 32.2 Å². The van der Waals surface area contributed by atoms with E-state index < -0.39 is 47.7 Å². The number of carboxylic acids is 1. The molecule has 13 heteroatoms. The Balaban J connectivity index is 1.72. The van der Waals surface area contributed by atoms with Gasteiger partial charge in [0.05, 0.1) is 0 Å². The summed E-state index contributed by atoms with van der Waals surface area (Å²) >= 11 is 0. The molecular formula is C36H49N5O8. The molecule has 0 radical (unpaired) electrons. The van der Waals surface area contributed by atoms with Gasteiger partial charge in [-0.2, -0.15) is 0 Å². The minimum absolute atomic E-state index is 0.00689. The number of amides is 4. The van der Waals surface area contributed by atoms with Crippen LogP contribution in [-0.2, 0) is 43.9 Å². The molecule has 1 aromatic heterocycles. The number of carbonyl (C=O) groups excluding carboxylic acids is 4. The Bertz CT molecular complexity index is 1550. The number of unbranched alkanes of at least 4 members (excludes halogenated alkanes) is 2. The number of alkyl carbamates (subject to hydrolysis) is 2. The zero-order valence-electron chi connectivity index (χ0n) is 28.8. The van der Waals surface area contributed by atoms with Crippen LogP contribution in [0.15, 0.2) is 60.8 Å². The summed E-state index contributed by atoms with van der Waals surface area (Å²) in [5.74, 6) is -1.90. The maximum atomic E-state index is 13.8. The number of aryl methyl sites for hydroxylation is 1. The lowest BCUT2D eigenvalue weighted by Gasteiger charge is -2.23. The molecule has 0 aliphatic heterocycles. The van der Waals surface area contributed by atoms with Gasteiger partial charge < -0.3 is 40.4 Å². The first-order valence-corrected chi connectivity index (χ1v) is 16.6. The molecule has 4 amide bonds. The van der Waals surface area contributed by atoms with Crippen molar-refractivity contribution in [1.82, 2.24) is 25.8 Å². The van der Waals surface area contributed by atoms with Crippen LogP contribution in [0.4, 0.5) is 9.59 Å². The van der Waals surface area contributed by atoms with Crippen LogP contribution in [0.5, 0.6) is 0 Å². The van der Waals surface area contributed by atoms with E-state index >= 15 is 0 Å². The molecule has 1 heterocycles. The number of nitrogens with zero attached hydrogens (tertiary/aromatic N) is 1. The molecule has 0 bridgehead atoms. The predicted molar refractivity (Wildman–Crippen MR) is 185 cm³/mol. The number of nitrogens with one attached hydrogen (secondary N) is 4. The third kappa shape index (κ3) is 13.9. The lowest BCUT2D eigenvalue weighted by molar-refractivity contribution is -0.137. The molecule has 2 aromatic carbocycles. The molecule has 0 aliphatic rings. The van der Waals surface area contributed by atoms with Crippen LogP contribution in [0.2, 0.25) is 0 Å². The summed E-state index contributed by atoms with van der Waals surface area (Å²) in [6, 6.07) is 14.8. The van der Waals surface area contributed by atoms with Gasteiger partial charge in [0.1, 0.15) is 24.3 Å². The van der Waals surface area contributed by atoms with E-state index in [0.717, 1.165) is 22.0 Å². The van der Waals surface area contributed by atoms with Gasteiger partial charge in [-0.15, -0.1) is 0 Å². The molecule has 0 saturated heterocycles. The maximum absolute atomic E-state index is 13.8. The molecule has 49 heavy (non-hydrogen) atoms. The van der Waals surface area contributed by atoms with Crippen LogP contribution in [0.3, 0.4) is 0 Å². The van der Waals surface area contributed by atoms with Gasteiger partial charge in [0, 0.05) is 50.1 Å². The van der Waals surface area contributed by atoms with Crippen LogP contribution in [0.1, 0.15) is 70.4 Å². The lowest BCUT2D eigenvalue weighted by atomic mass is 10.0. The second kappa shape index (κ2) is 19.1. The number of benzene rings is 2. The molecule has 0 saturated carbocycles. The summed E-state index contributed by atoms with van der Waals surface area (Å²) in [4.78, 5) is 63.0. The number of carbonyl (C=O) groups is 5. The van der Waals surface area contributed by atoms with Gasteiger partial charge in [-0.3, -0.25) is 14.4 Å². The average Bonchev–Trinajstić information content (AvgIpc) is 3.36. The van der Waals surface area contributed by atoms with E-state index in [1.807, 2.05) is 72.4 Å². The molecule has 13 nitrogen and oxygen atoms in total. The highest BCUT2D eigenvalue weighted by Gasteiger charge is 2.28. The third-order valence-corrected chi connectivity index (χ3v) is 7.56. The van der Waals surface area contributed by atoms with Gasteiger partial charge in [0.2, 0.25) is 11.8 Å². The summed E-state index contributed by atoms with van der Waals surface area (Å²) in [6.45, 7) is 5.86. The normalized spacial score (nSPS) is 12.4. The molecule has 3 rings (SSSR count). The first kappa shape index (κ1) is 38.4. The Morgan fingerprint density at radius 1 is 0.796 bits per heavy atom. The van der Waals surface area contributed by atoms with Crippen molar-refractivity contribution in [3.8, 4) is 0 Å². The van der Waals surface area contributed by atoms with E-state index in [1.54, 1.807) is 20.8 Å². The Kier molecular flexibility index (Phi) is 14.9. The lowest BCUT2D eigenvalue weighted by Crippen LogP contribution is -2.54. The minimum Gasteiger partial charge on any atom is -0.481 e. The number of aromatic nitrogens is 1. The topological polar surface area (TPSA) is 177 Å². The van der Waals surface area contributed by atoms with Crippen molar-refractivity contribution in [2.24, 2.45) is 7.05 Å². The van der Waals surface area contributed by atoms with E-state index in [-0.39, 0.29) is 32.4 Å². The van der Waals surface area contributed by atoms with Gasteiger partial charge in [0.15, 0.2) is 0 Å². The fourth-order valence-corrected chi connectivity index (χ4v) is 5.18. The Morgan fingerprint density at radius 3 is 2.18 bits per heavy atom. The van der Waals surface area contributed by atoms with Crippen molar-refractivity contribution in [3.63, 3.8) is 0 Å². The van der Waals surface area contributed by atoms with E-state index in [2.05, 4.69) is 21.3 Å². The van der Waals surface area contributed by atoms with Crippen LogP contribution < -0.4 is 21.3 Å². The van der Waals surface area contributed by atoms with Crippen molar-refractivity contribution < 1.29 is 38.6 Å². The summed E-state index contributed by atoms with van der Waals surface area (Å²) < 4.78 is 12.6. The maximum Gasteiger partial charge on any atom is 0.408 e. The molecule has 0 unspecified atom stereocenters. The quantitative estimate of drug-likeness (QED) is 0.122. The largest absolute Gasteiger partial charge is 0.481 e. The number of hydrogen-bond donors (Lipinski definition) is 5. The predicted octanol–water partition coefficient (Wildman–Crippen LogP) is 4.57. The number of aliphatic carboxylic acids is 1. The second-order valence-electron chi connectivity index (χ2n) is 12.9. The first-order valence-electron chi connectivity index (χ1n) is 16.6. The van der Waals surface area contributed by atoms with E-state index in [9.17, 15) is 24.0 Å². The van der Waals surface area contributed by atoms with Crippen LogP contribution in [-0.4, -0.2) is 70.4 Å². The summed E-state index contributed by atoms with van der Waals surface area (Å²) in [5.41, 5.74) is 1.97. The van der Waals surface area contributed by atoms with Crippen molar-refractivity contribution >= 4 is 40.9 Å². The second-order valence-corrected chi connectivity index (χ2v) is 12.9. The van der Waals surface area contributed by atoms with Crippen LogP contribution >= 0.6 is 0 Å². The summed E-state index contributed by atoms with van der Waals surface area (Å²) in [5, 5.41) is 20.9. The summed E-state index contributed by atoms with van der Waals surface area (Å²) in [6.07, 6.45) is 2.78. The highest BCUT2D eigenvalue weighted by molar-refractivity contribution is 5.92. The van der Waals surface area contributed by atoms with Crippen molar-refractivity contribution in [3.05, 3.63) is 71.9 Å². The molecule has 266 valence electrons. The first-order chi connectivity index (χ1) is 23.3. The number of fused-ring (bicyclic) bond motifs is 1. The SMILES string of the molecule is Cn1cc(C[C@H](NC(=O)[C@H](CCCCNC(=O)OC(C)(C)C)NC(=O)OCc2ccccc2)C(=O)NCCCCC(=O)O)c2ccccc21. The summed E-state index contributed by atoms with van der Waals surface area (Å²) in [7, 11) is 1.90. The van der Waals surface area contributed by atoms with E-state index in [1.165, 1.54) is 0 Å². The van der Waals surface area contributed by atoms with Gasteiger partial charge in [-0.1, -0.05) is 48.5 Å². The average molecular weight is 680 g/mol. The van der Waals surface area contributed by atoms with Gasteiger partial charge >= 0.3 is 18.2 Å². The molecule has 5 N–H and O–H groups in total. The third-order valence-electron chi connectivity index (χ3n) is 7.56. The fourth-order valence-electron chi connectivity index (χ4n) is 5.18. The highest BCUT2D eigenvalue weighted by atomic mass is 16.6. The van der Waals surface area contributed by atoms with Gasteiger partial charge in [-0.25, -0.2) is 9.59 Å². The van der Waals surface area contributed by atoms with Gasteiger partial charge in [-0.05, 0) is 70.1 Å². The van der Waals surface area contributed by atoms with Crippen molar-refractivity contribution in [2.75, 3.05) is 13.1 Å². The van der Waals surface area contributed by atoms with Crippen LogP contribution in [0, 0.1) is 0 Å². The zero-order chi connectivity index (χ0) is 35.8. The van der Waals surface area contributed by atoms with Gasteiger partial charge in [0.25, 0.3) is 0 Å². The molecule has 3 aromatic rings. The number of hydrogen-bond acceptors (Lipinski definition) is 7. The molecule has 0 fully saturated rings. The fraction of sp³-hybridized carbons (Fsp3) is 0.472. The monoisotopic (exact) mass is 679 g/mol. The molecular weight excluding hydrogens is 630 g/mol. The van der Waals surface area contributed by atoms with E-state index in [4.69, 9.17) is 14.6 Å². The molecule has 2 atom stereocenters. The van der Waals surface area contributed by atoms with Crippen LogP contribution in [0.25, 0.3) is 10.9 Å². The standard InChI is InChI=1S/C36H49N5O8/c1-36(2,3)49-34(46)38-21-12-10-17-28(40-35(47)48-24-25-14-6-5-7-15-25)33(45)39-29(32(44)37-20-13-11-19-31(42)43)22-26-23-41(4)30-18-9-8-16-27(26)30/h5-9,14-16,18,23,28-29H,10-13,17,19-22,24H2,1-4H3,(H,37,44)(H,38,46)(H,39,45)(H,40,47)(H,42,43)/t28-,29-/m0/s1. The number of ether oxygens (including phenoxy) is 2. The van der Waals surface area contributed by atoms with Crippen molar-refractivity contribution in [2.45, 2.75) is 90.0 Å². The Hall–Kier alpha value is -5.07. The highest BCUT2D eigenvalue weighted by Crippen LogP contribution is 2.22. The zero-order valence-corrected chi connectivity index (χ0v) is 28.8. The number of para-hydroxylation sites is 1.